The van der Waals surface area contributed by atoms with Gasteiger partial charge in [-0.05, 0) is 23.8 Å². The second-order valence-corrected chi connectivity index (χ2v) is 5.82. The van der Waals surface area contributed by atoms with Crippen molar-refractivity contribution in [1.29, 1.82) is 0 Å². The summed E-state index contributed by atoms with van der Waals surface area (Å²) in [6, 6.07) is 14.1. The van der Waals surface area contributed by atoms with Gasteiger partial charge >= 0.3 is 0 Å². The van der Waals surface area contributed by atoms with Crippen molar-refractivity contribution in [2.24, 2.45) is 0 Å². The molecule has 0 aliphatic carbocycles. The lowest BCUT2D eigenvalue weighted by atomic mass is 10.0. The number of hydrogen-bond acceptors (Lipinski definition) is 4. The summed E-state index contributed by atoms with van der Waals surface area (Å²) in [5, 5.41) is 5.97. The molecule has 0 aromatic heterocycles. The number of carbonyl (C=O) groups excluding carboxylic acids is 2. The van der Waals surface area contributed by atoms with Crippen molar-refractivity contribution in [3.63, 3.8) is 0 Å². The van der Waals surface area contributed by atoms with E-state index in [2.05, 4.69) is 10.6 Å². The van der Waals surface area contributed by atoms with E-state index in [1.807, 2.05) is 30.3 Å². The Morgan fingerprint density at radius 3 is 2.32 bits per heavy atom. The molecular weight excluding hydrogens is 318 g/mol. The second-order valence-electron chi connectivity index (χ2n) is 5.82. The number of nitrogens with one attached hydrogen (secondary N) is 2. The van der Waals surface area contributed by atoms with Gasteiger partial charge in [0.15, 0.2) is 0 Å². The SMILES string of the molecule is COc1ccc(NC(C)=O)cc1N[C@@H](C(=O)N(C)C)c1ccccc1. The lowest BCUT2D eigenvalue weighted by molar-refractivity contribution is -0.129. The number of hydrogen-bond donors (Lipinski definition) is 2. The largest absolute Gasteiger partial charge is 0.495 e. The van der Waals surface area contributed by atoms with Crippen molar-refractivity contribution in [3.8, 4) is 5.75 Å². The summed E-state index contributed by atoms with van der Waals surface area (Å²) in [5.41, 5.74) is 2.09. The molecule has 6 nitrogen and oxygen atoms in total. The van der Waals surface area contributed by atoms with Gasteiger partial charge in [-0.25, -0.2) is 0 Å². The van der Waals surface area contributed by atoms with Crippen molar-refractivity contribution in [2.75, 3.05) is 31.8 Å². The molecule has 6 heteroatoms. The van der Waals surface area contributed by atoms with Crippen LogP contribution in [0.5, 0.6) is 5.75 Å². The summed E-state index contributed by atoms with van der Waals surface area (Å²) in [6.45, 7) is 1.44. The summed E-state index contributed by atoms with van der Waals surface area (Å²) < 4.78 is 5.38. The van der Waals surface area contributed by atoms with E-state index in [1.165, 1.54) is 11.8 Å². The van der Waals surface area contributed by atoms with Gasteiger partial charge in [0.1, 0.15) is 11.8 Å². The zero-order valence-electron chi connectivity index (χ0n) is 14.9. The minimum Gasteiger partial charge on any atom is -0.495 e. The zero-order chi connectivity index (χ0) is 18.4. The van der Waals surface area contributed by atoms with E-state index in [-0.39, 0.29) is 11.8 Å². The molecule has 2 N–H and O–H groups in total. The van der Waals surface area contributed by atoms with E-state index in [9.17, 15) is 9.59 Å². The summed E-state index contributed by atoms with van der Waals surface area (Å²) in [4.78, 5) is 25.5. The maximum atomic E-state index is 12.7. The highest BCUT2D eigenvalue weighted by Gasteiger charge is 2.23. The molecule has 0 fully saturated rings. The summed E-state index contributed by atoms with van der Waals surface area (Å²) in [5.74, 6) is 0.333. The van der Waals surface area contributed by atoms with Crippen LogP contribution >= 0.6 is 0 Å². The smallest absolute Gasteiger partial charge is 0.249 e. The number of nitrogens with zero attached hydrogens (tertiary/aromatic N) is 1. The number of benzene rings is 2. The van der Waals surface area contributed by atoms with E-state index in [1.54, 1.807) is 39.4 Å². The first-order chi connectivity index (χ1) is 11.9. The van der Waals surface area contributed by atoms with Crippen LogP contribution in [0.15, 0.2) is 48.5 Å². The molecule has 2 amide bonds. The molecule has 0 saturated carbocycles. The fourth-order valence-corrected chi connectivity index (χ4v) is 2.45. The molecule has 0 bridgehead atoms. The Bertz CT molecular complexity index is 745. The van der Waals surface area contributed by atoms with E-state index >= 15 is 0 Å². The van der Waals surface area contributed by atoms with Crippen LogP contribution in [0.3, 0.4) is 0 Å². The lowest BCUT2D eigenvalue weighted by Gasteiger charge is -2.24. The molecule has 0 radical (unpaired) electrons. The predicted octanol–water partition coefficient (Wildman–Crippen LogP) is 2.90. The first-order valence-corrected chi connectivity index (χ1v) is 7.90. The quantitative estimate of drug-likeness (QED) is 0.847. The van der Waals surface area contributed by atoms with Gasteiger partial charge in [-0.2, -0.15) is 0 Å². The fourth-order valence-electron chi connectivity index (χ4n) is 2.45. The molecule has 0 saturated heterocycles. The maximum Gasteiger partial charge on any atom is 0.249 e. The molecule has 25 heavy (non-hydrogen) atoms. The molecule has 2 rings (SSSR count). The zero-order valence-corrected chi connectivity index (χ0v) is 14.9. The molecule has 2 aromatic rings. The molecule has 1 atom stereocenters. The van der Waals surface area contributed by atoms with Crippen LogP contribution in [0.1, 0.15) is 18.5 Å². The predicted molar refractivity (Wildman–Crippen MR) is 98.8 cm³/mol. The second kappa shape index (κ2) is 8.19. The number of rotatable bonds is 6. The van der Waals surface area contributed by atoms with Crippen molar-refractivity contribution >= 4 is 23.2 Å². The Labute approximate surface area is 147 Å². The number of methoxy groups -OCH3 is 1. The van der Waals surface area contributed by atoms with E-state index in [0.717, 1.165) is 5.56 Å². The highest BCUT2D eigenvalue weighted by molar-refractivity contribution is 5.90. The Balaban J connectivity index is 2.40. The fraction of sp³-hybridized carbons (Fsp3) is 0.263. The van der Waals surface area contributed by atoms with Crippen LogP contribution in [-0.4, -0.2) is 37.9 Å². The van der Waals surface area contributed by atoms with Crippen molar-refractivity contribution in [1.82, 2.24) is 4.90 Å². The Kier molecular flexibility index (Phi) is 6.00. The van der Waals surface area contributed by atoms with Crippen LogP contribution < -0.4 is 15.4 Å². The van der Waals surface area contributed by atoms with Gasteiger partial charge in [-0.3, -0.25) is 9.59 Å². The average Bonchev–Trinajstić information content (AvgIpc) is 2.59. The normalized spacial score (nSPS) is 11.4. The standard InChI is InChI=1S/C19H23N3O3/c1-13(23)20-15-10-11-17(25-4)16(12-15)21-18(19(24)22(2)3)14-8-6-5-7-9-14/h5-12,18,21H,1-4H3,(H,20,23)/t18-/m1/s1. The van der Waals surface area contributed by atoms with Crippen molar-refractivity contribution in [3.05, 3.63) is 54.1 Å². The van der Waals surface area contributed by atoms with Gasteiger partial charge in [0.05, 0.1) is 12.8 Å². The monoisotopic (exact) mass is 341 g/mol. The van der Waals surface area contributed by atoms with Crippen molar-refractivity contribution < 1.29 is 14.3 Å². The molecule has 0 unspecified atom stereocenters. The molecular formula is C19H23N3O3. The molecule has 2 aromatic carbocycles. The third-order valence-corrected chi connectivity index (χ3v) is 3.64. The van der Waals surface area contributed by atoms with Gasteiger partial charge < -0.3 is 20.3 Å². The minimum absolute atomic E-state index is 0.0850. The van der Waals surface area contributed by atoms with Gasteiger partial charge in [0.25, 0.3) is 0 Å². The number of carbonyl (C=O) groups is 2. The maximum absolute atomic E-state index is 12.7. The van der Waals surface area contributed by atoms with Crippen molar-refractivity contribution in [2.45, 2.75) is 13.0 Å². The number of likely N-dealkylation sites (N-methyl/N-ethyl adjacent to an activating group) is 1. The molecule has 0 heterocycles. The van der Waals surface area contributed by atoms with Gasteiger partial charge in [-0.15, -0.1) is 0 Å². The highest BCUT2D eigenvalue weighted by Crippen LogP contribution is 2.31. The Morgan fingerprint density at radius 2 is 1.76 bits per heavy atom. The third-order valence-electron chi connectivity index (χ3n) is 3.64. The molecule has 0 aliphatic rings. The van der Waals surface area contributed by atoms with E-state index in [0.29, 0.717) is 17.1 Å². The number of amides is 2. The van der Waals surface area contributed by atoms with Crippen LogP contribution in [0, 0.1) is 0 Å². The average molecular weight is 341 g/mol. The number of anilines is 2. The van der Waals surface area contributed by atoms with Crippen LogP contribution in [0.25, 0.3) is 0 Å². The summed E-state index contributed by atoms with van der Waals surface area (Å²) >= 11 is 0. The molecule has 0 aliphatic heterocycles. The van der Waals surface area contributed by atoms with Gasteiger partial charge in [0, 0.05) is 26.7 Å². The van der Waals surface area contributed by atoms with Crippen LogP contribution in [0.4, 0.5) is 11.4 Å². The number of ether oxygens (including phenoxy) is 1. The first-order valence-electron chi connectivity index (χ1n) is 7.90. The Hall–Kier alpha value is -3.02. The topological polar surface area (TPSA) is 70.7 Å². The molecule has 132 valence electrons. The summed E-state index contributed by atoms with van der Waals surface area (Å²) in [6.07, 6.45) is 0. The van der Waals surface area contributed by atoms with E-state index in [4.69, 9.17) is 4.74 Å². The molecule has 0 spiro atoms. The van der Waals surface area contributed by atoms with Crippen LogP contribution in [0.2, 0.25) is 0 Å². The van der Waals surface area contributed by atoms with E-state index < -0.39 is 6.04 Å². The third kappa shape index (κ3) is 4.73. The first kappa shape index (κ1) is 18.3. The minimum atomic E-state index is -0.572. The lowest BCUT2D eigenvalue weighted by Crippen LogP contribution is -2.32. The Morgan fingerprint density at radius 1 is 1.08 bits per heavy atom. The van der Waals surface area contributed by atoms with Gasteiger partial charge in [0.2, 0.25) is 11.8 Å². The highest BCUT2D eigenvalue weighted by atomic mass is 16.5. The summed E-state index contributed by atoms with van der Waals surface area (Å²) in [7, 11) is 4.99. The van der Waals surface area contributed by atoms with Crippen LogP contribution in [-0.2, 0) is 9.59 Å². The van der Waals surface area contributed by atoms with Gasteiger partial charge in [-0.1, -0.05) is 30.3 Å².